The van der Waals surface area contributed by atoms with Gasteiger partial charge in [0.15, 0.2) is 0 Å². The monoisotopic (exact) mass is 379 g/mol. The molecule has 2 aliphatic rings. The summed E-state index contributed by atoms with van der Waals surface area (Å²) < 4.78 is 0. The Labute approximate surface area is 167 Å². The Balaban J connectivity index is 1.30. The summed E-state index contributed by atoms with van der Waals surface area (Å²) >= 11 is 0. The van der Waals surface area contributed by atoms with Gasteiger partial charge in [-0.25, -0.2) is 4.79 Å². The predicted molar refractivity (Wildman–Crippen MR) is 112 cm³/mol. The number of aryl methyl sites for hydroxylation is 1. The Bertz CT molecular complexity index is 823. The molecule has 1 unspecified atom stereocenters. The fourth-order valence-electron chi connectivity index (χ4n) is 4.28. The topological polar surface area (TPSA) is 55.8 Å². The van der Waals surface area contributed by atoms with E-state index in [1.807, 2.05) is 23.1 Å². The number of nitrogens with one attached hydrogen (secondary N) is 1. The summed E-state index contributed by atoms with van der Waals surface area (Å²) in [5.74, 6) is 0. The highest BCUT2D eigenvalue weighted by Gasteiger charge is 2.22. The molecule has 148 valence electrons. The van der Waals surface area contributed by atoms with Gasteiger partial charge in [-0.15, -0.1) is 0 Å². The van der Waals surface area contributed by atoms with Crippen molar-refractivity contribution in [2.45, 2.75) is 38.3 Å². The van der Waals surface area contributed by atoms with Crippen molar-refractivity contribution in [1.29, 1.82) is 0 Å². The van der Waals surface area contributed by atoms with Gasteiger partial charge in [-0.3, -0.25) is 9.80 Å². The van der Waals surface area contributed by atoms with Gasteiger partial charge in [0.2, 0.25) is 0 Å². The van der Waals surface area contributed by atoms with Gasteiger partial charge < -0.3 is 10.4 Å². The summed E-state index contributed by atoms with van der Waals surface area (Å²) in [4.78, 5) is 16.9. The van der Waals surface area contributed by atoms with Crippen LogP contribution < -0.4 is 10.2 Å². The molecule has 4 rings (SSSR count). The molecule has 0 aromatic heterocycles. The highest BCUT2D eigenvalue weighted by atomic mass is 16.3. The van der Waals surface area contributed by atoms with Crippen molar-refractivity contribution < 1.29 is 9.90 Å². The number of anilines is 1. The average molecular weight is 380 g/mol. The lowest BCUT2D eigenvalue weighted by molar-refractivity contribution is 0.106. The van der Waals surface area contributed by atoms with Crippen molar-refractivity contribution in [1.82, 2.24) is 10.2 Å². The first-order valence-corrected chi connectivity index (χ1v) is 10.3. The van der Waals surface area contributed by atoms with E-state index in [2.05, 4.69) is 40.5 Å². The molecule has 2 N–H and O–H groups in total. The third-order valence-corrected chi connectivity index (χ3v) is 5.77. The molecule has 0 radical (unpaired) electrons. The largest absolute Gasteiger partial charge is 0.390 e. The maximum absolute atomic E-state index is 12.8. The Morgan fingerprint density at radius 1 is 0.964 bits per heavy atom. The number of carbonyl (C=O) groups excluding carboxylic acids is 1. The van der Waals surface area contributed by atoms with Crippen LogP contribution in [0.2, 0.25) is 0 Å². The Kier molecular flexibility index (Phi) is 5.93. The molecule has 0 fully saturated rings. The molecule has 0 spiro atoms. The molecule has 2 aromatic rings. The third kappa shape index (κ3) is 4.37. The standard InChI is InChI=1S/C23H29N3O2/c27-21(17-25-14-12-18-7-1-2-10-20(18)16-25)15-24-23(28)26-13-6-5-9-19-8-3-4-11-22(19)26/h1-4,7-8,10-11,21,27H,5-6,9,12-17H2,(H,24,28). The van der Waals surface area contributed by atoms with E-state index in [1.54, 1.807) is 0 Å². The zero-order chi connectivity index (χ0) is 19.3. The SMILES string of the molecule is O=C(NCC(O)CN1CCc2ccccc2C1)N1CCCCc2ccccc21. The molecule has 0 saturated heterocycles. The maximum Gasteiger partial charge on any atom is 0.321 e. The quantitative estimate of drug-likeness (QED) is 0.859. The molecule has 0 aliphatic carbocycles. The van der Waals surface area contributed by atoms with Crippen LogP contribution in [0.3, 0.4) is 0 Å². The van der Waals surface area contributed by atoms with E-state index < -0.39 is 6.10 Å². The van der Waals surface area contributed by atoms with Gasteiger partial charge in [0.05, 0.1) is 6.10 Å². The van der Waals surface area contributed by atoms with E-state index in [9.17, 15) is 9.90 Å². The van der Waals surface area contributed by atoms with Crippen molar-refractivity contribution >= 4 is 11.7 Å². The van der Waals surface area contributed by atoms with Crippen LogP contribution in [0.15, 0.2) is 48.5 Å². The normalized spacial score (nSPS) is 18.0. The van der Waals surface area contributed by atoms with Crippen LogP contribution in [0.5, 0.6) is 0 Å². The molecule has 0 saturated carbocycles. The highest BCUT2D eigenvalue weighted by Crippen LogP contribution is 2.26. The number of fused-ring (bicyclic) bond motifs is 2. The van der Waals surface area contributed by atoms with Crippen LogP contribution >= 0.6 is 0 Å². The summed E-state index contributed by atoms with van der Waals surface area (Å²) in [6.07, 6.45) is 3.55. The number of amides is 2. The van der Waals surface area contributed by atoms with Crippen LogP contribution in [0.1, 0.15) is 29.5 Å². The smallest absolute Gasteiger partial charge is 0.321 e. The highest BCUT2D eigenvalue weighted by molar-refractivity contribution is 5.93. The maximum atomic E-state index is 12.8. The van der Waals surface area contributed by atoms with Crippen LogP contribution in [0.4, 0.5) is 10.5 Å². The lowest BCUT2D eigenvalue weighted by atomic mass is 10.00. The molecule has 2 heterocycles. The molecule has 2 amide bonds. The van der Waals surface area contributed by atoms with Gasteiger partial charge in [0.1, 0.15) is 0 Å². The summed E-state index contributed by atoms with van der Waals surface area (Å²) in [6, 6.07) is 16.5. The zero-order valence-corrected chi connectivity index (χ0v) is 16.3. The van der Waals surface area contributed by atoms with Crippen LogP contribution in [0, 0.1) is 0 Å². The number of rotatable bonds is 4. The van der Waals surface area contributed by atoms with Gasteiger partial charge in [-0.05, 0) is 48.4 Å². The predicted octanol–water partition coefficient (Wildman–Crippen LogP) is 2.96. The molecular weight excluding hydrogens is 350 g/mol. The second-order valence-electron chi connectivity index (χ2n) is 7.83. The second kappa shape index (κ2) is 8.76. The van der Waals surface area contributed by atoms with E-state index in [0.29, 0.717) is 6.54 Å². The van der Waals surface area contributed by atoms with Gasteiger partial charge in [-0.2, -0.15) is 0 Å². The average Bonchev–Trinajstić information content (AvgIpc) is 2.94. The van der Waals surface area contributed by atoms with Crippen molar-refractivity contribution in [2.75, 3.05) is 31.1 Å². The fourth-order valence-corrected chi connectivity index (χ4v) is 4.28. The van der Waals surface area contributed by atoms with Gasteiger partial charge in [-0.1, -0.05) is 42.5 Å². The fraction of sp³-hybridized carbons (Fsp3) is 0.435. The van der Waals surface area contributed by atoms with Crippen molar-refractivity contribution in [3.8, 4) is 0 Å². The number of β-amino-alcohol motifs (C(OH)–C–C–N with tert-alkyl or cyclic N) is 1. The first-order chi connectivity index (χ1) is 13.7. The van der Waals surface area contributed by atoms with Crippen LogP contribution in [0.25, 0.3) is 0 Å². The van der Waals surface area contributed by atoms with Crippen molar-refractivity contribution in [3.63, 3.8) is 0 Å². The summed E-state index contributed by atoms with van der Waals surface area (Å²) in [6.45, 7) is 3.38. The van der Waals surface area contributed by atoms with Crippen molar-refractivity contribution in [3.05, 3.63) is 65.2 Å². The number of hydrogen-bond acceptors (Lipinski definition) is 3. The molecular formula is C23H29N3O2. The molecule has 0 bridgehead atoms. The summed E-state index contributed by atoms with van der Waals surface area (Å²) in [5.41, 5.74) is 4.97. The van der Waals surface area contributed by atoms with E-state index >= 15 is 0 Å². The molecule has 2 aromatic carbocycles. The van der Waals surface area contributed by atoms with Gasteiger partial charge in [0, 0.05) is 38.4 Å². The lowest BCUT2D eigenvalue weighted by Gasteiger charge is -2.30. The van der Waals surface area contributed by atoms with Gasteiger partial charge in [0.25, 0.3) is 0 Å². The van der Waals surface area contributed by atoms with E-state index in [4.69, 9.17) is 0 Å². The first kappa shape index (κ1) is 19.0. The Morgan fingerprint density at radius 3 is 2.57 bits per heavy atom. The first-order valence-electron chi connectivity index (χ1n) is 10.3. The minimum atomic E-state index is -0.573. The lowest BCUT2D eigenvalue weighted by Crippen LogP contribution is -2.46. The van der Waals surface area contributed by atoms with E-state index in [0.717, 1.165) is 51.0 Å². The van der Waals surface area contributed by atoms with Crippen LogP contribution in [-0.2, 0) is 19.4 Å². The number of aliphatic hydroxyl groups excluding tert-OH is 1. The number of urea groups is 1. The number of aliphatic hydroxyl groups is 1. The number of nitrogens with zero attached hydrogens (tertiary/aromatic N) is 2. The second-order valence-corrected chi connectivity index (χ2v) is 7.83. The zero-order valence-electron chi connectivity index (χ0n) is 16.3. The summed E-state index contributed by atoms with van der Waals surface area (Å²) in [5, 5.41) is 13.4. The number of para-hydroxylation sites is 1. The van der Waals surface area contributed by atoms with E-state index in [-0.39, 0.29) is 12.6 Å². The summed E-state index contributed by atoms with van der Waals surface area (Å²) in [7, 11) is 0. The Morgan fingerprint density at radius 2 is 1.71 bits per heavy atom. The van der Waals surface area contributed by atoms with Gasteiger partial charge >= 0.3 is 6.03 Å². The van der Waals surface area contributed by atoms with Crippen LogP contribution in [-0.4, -0.2) is 48.3 Å². The number of hydrogen-bond donors (Lipinski definition) is 2. The number of carbonyl (C=O) groups is 1. The van der Waals surface area contributed by atoms with Crippen molar-refractivity contribution in [2.24, 2.45) is 0 Å². The molecule has 2 aliphatic heterocycles. The molecule has 28 heavy (non-hydrogen) atoms. The minimum absolute atomic E-state index is 0.114. The molecule has 1 atom stereocenters. The van der Waals surface area contributed by atoms with E-state index in [1.165, 1.54) is 16.7 Å². The number of benzene rings is 2. The molecule has 5 heteroatoms. The third-order valence-electron chi connectivity index (χ3n) is 5.77. The molecule has 5 nitrogen and oxygen atoms in total. The minimum Gasteiger partial charge on any atom is -0.390 e. The Hall–Kier alpha value is -2.37.